The van der Waals surface area contributed by atoms with Gasteiger partial charge in [0.1, 0.15) is 17.5 Å². The van der Waals surface area contributed by atoms with Crippen molar-refractivity contribution in [1.29, 1.82) is 0 Å². The number of rotatable bonds is 3. The molecule has 2 aromatic carbocycles. The van der Waals surface area contributed by atoms with Crippen LogP contribution < -0.4 is 5.56 Å². The SMILES string of the molecule is Cc1nc2nc3ccn(Cc4cccc(F)c4)c(=O)c3c(-c3ccc(F)cc3)n2n1. The highest BCUT2D eigenvalue weighted by Gasteiger charge is 2.18. The molecule has 0 aliphatic heterocycles. The van der Waals surface area contributed by atoms with E-state index in [9.17, 15) is 13.6 Å². The number of fused-ring (bicyclic) bond motifs is 2. The lowest BCUT2D eigenvalue weighted by Gasteiger charge is -2.12. The van der Waals surface area contributed by atoms with Crippen molar-refractivity contribution in [2.45, 2.75) is 13.5 Å². The van der Waals surface area contributed by atoms with E-state index in [-0.39, 0.29) is 23.7 Å². The van der Waals surface area contributed by atoms with E-state index in [4.69, 9.17) is 0 Å². The van der Waals surface area contributed by atoms with Gasteiger partial charge in [-0.15, -0.1) is 5.10 Å². The quantitative estimate of drug-likeness (QED) is 0.460. The minimum atomic E-state index is -0.383. The average Bonchev–Trinajstić information content (AvgIpc) is 3.09. The summed E-state index contributed by atoms with van der Waals surface area (Å²) in [7, 11) is 0. The number of hydrogen-bond donors (Lipinski definition) is 0. The van der Waals surface area contributed by atoms with Crippen LogP contribution in [0.2, 0.25) is 0 Å². The van der Waals surface area contributed by atoms with Crippen LogP contribution in [-0.2, 0) is 6.54 Å². The lowest BCUT2D eigenvalue weighted by molar-refractivity contribution is 0.623. The lowest BCUT2D eigenvalue weighted by atomic mass is 10.1. The summed E-state index contributed by atoms with van der Waals surface area (Å²) in [5.41, 5.74) is 1.90. The maximum absolute atomic E-state index is 13.6. The number of aryl methyl sites for hydroxylation is 1. The summed E-state index contributed by atoms with van der Waals surface area (Å²) in [4.78, 5) is 22.2. The van der Waals surface area contributed by atoms with Crippen molar-refractivity contribution >= 4 is 16.7 Å². The van der Waals surface area contributed by atoms with Crippen LogP contribution in [0.25, 0.3) is 27.9 Å². The zero-order chi connectivity index (χ0) is 20.8. The maximum atomic E-state index is 13.6. The Morgan fingerprint density at radius 2 is 1.77 bits per heavy atom. The Morgan fingerprint density at radius 3 is 2.53 bits per heavy atom. The van der Waals surface area contributed by atoms with Gasteiger partial charge < -0.3 is 4.57 Å². The fraction of sp³-hybridized carbons (Fsp3) is 0.0909. The molecule has 0 spiro atoms. The Hall–Kier alpha value is -3.94. The summed E-state index contributed by atoms with van der Waals surface area (Å²) in [6.45, 7) is 1.93. The Morgan fingerprint density at radius 1 is 0.967 bits per heavy atom. The summed E-state index contributed by atoms with van der Waals surface area (Å²) in [5, 5.41) is 4.71. The molecule has 0 aliphatic rings. The van der Waals surface area contributed by atoms with Gasteiger partial charge in [0.2, 0.25) is 0 Å². The second kappa shape index (κ2) is 6.84. The molecule has 0 bridgehead atoms. The van der Waals surface area contributed by atoms with Crippen molar-refractivity contribution in [2.75, 3.05) is 0 Å². The van der Waals surface area contributed by atoms with Gasteiger partial charge in [0, 0.05) is 11.8 Å². The van der Waals surface area contributed by atoms with Crippen LogP contribution in [0, 0.1) is 18.6 Å². The standard InChI is InChI=1S/C22H15F2N5O/c1-13-25-22-26-18-9-10-28(12-14-3-2-4-17(24)11-14)21(30)19(18)20(29(22)27-13)15-5-7-16(23)8-6-15/h2-11H,12H2,1H3. The van der Waals surface area contributed by atoms with Crippen LogP contribution in [0.1, 0.15) is 11.4 Å². The second-order valence-electron chi connectivity index (χ2n) is 6.98. The number of hydrogen-bond acceptors (Lipinski definition) is 4. The van der Waals surface area contributed by atoms with E-state index in [0.29, 0.717) is 39.3 Å². The summed E-state index contributed by atoms with van der Waals surface area (Å²) in [6.07, 6.45) is 1.62. The van der Waals surface area contributed by atoms with E-state index in [1.165, 1.54) is 33.3 Å². The first kappa shape index (κ1) is 18.1. The van der Waals surface area contributed by atoms with E-state index < -0.39 is 0 Å². The van der Waals surface area contributed by atoms with Crippen LogP contribution in [0.4, 0.5) is 8.78 Å². The van der Waals surface area contributed by atoms with Gasteiger partial charge in [-0.1, -0.05) is 12.1 Å². The zero-order valence-corrected chi connectivity index (χ0v) is 15.9. The maximum Gasteiger partial charge on any atom is 0.262 e. The van der Waals surface area contributed by atoms with Gasteiger partial charge >= 0.3 is 0 Å². The number of aromatic nitrogens is 5. The summed E-state index contributed by atoms with van der Waals surface area (Å²) in [5.74, 6) is 0.101. The van der Waals surface area contributed by atoms with Crippen molar-refractivity contribution in [3.05, 3.63) is 94.2 Å². The first-order chi connectivity index (χ1) is 14.5. The highest BCUT2D eigenvalue weighted by atomic mass is 19.1. The minimum Gasteiger partial charge on any atom is -0.310 e. The summed E-state index contributed by atoms with van der Waals surface area (Å²) in [6, 6.07) is 13.6. The Labute approximate surface area is 169 Å². The van der Waals surface area contributed by atoms with Crippen molar-refractivity contribution in [1.82, 2.24) is 24.1 Å². The molecule has 0 aliphatic carbocycles. The van der Waals surface area contributed by atoms with Crippen molar-refractivity contribution < 1.29 is 8.78 Å². The third-order valence-corrected chi connectivity index (χ3v) is 4.87. The molecule has 0 unspecified atom stereocenters. The van der Waals surface area contributed by atoms with Crippen LogP contribution >= 0.6 is 0 Å². The second-order valence-corrected chi connectivity index (χ2v) is 6.98. The fourth-order valence-electron chi connectivity index (χ4n) is 3.55. The topological polar surface area (TPSA) is 65.1 Å². The Balaban J connectivity index is 1.81. The number of benzene rings is 2. The molecule has 6 nitrogen and oxygen atoms in total. The summed E-state index contributed by atoms with van der Waals surface area (Å²) < 4.78 is 30.1. The molecule has 5 aromatic rings. The first-order valence-electron chi connectivity index (χ1n) is 9.26. The Kier molecular flexibility index (Phi) is 4.13. The van der Waals surface area contributed by atoms with Crippen LogP contribution in [-0.4, -0.2) is 24.1 Å². The predicted molar refractivity (Wildman–Crippen MR) is 108 cm³/mol. The van der Waals surface area contributed by atoms with Crippen LogP contribution in [0.3, 0.4) is 0 Å². The molecule has 30 heavy (non-hydrogen) atoms. The van der Waals surface area contributed by atoms with Gasteiger partial charge in [-0.25, -0.2) is 13.8 Å². The number of halogens is 2. The van der Waals surface area contributed by atoms with Gasteiger partial charge in [0.25, 0.3) is 11.3 Å². The molecule has 0 saturated carbocycles. The minimum absolute atomic E-state index is 0.198. The molecular weight excluding hydrogens is 388 g/mol. The molecular formula is C22H15F2N5O. The summed E-state index contributed by atoms with van der Waals surface area (Å²) >= 11 is 0. The van der Waals surface area contributed by atoms with Crippen molar-refractivity contribution in [3.63, 3.8) is 0 Å². The third-order valence-electron chi connectivity index (χ3n) is 4.87. The molecule has 0 fully saturated rings. The smallest absolute Gasteiger partial charge is 0.262 e. The molecule has 148 valence electrons. The van der Waals surface area contributed by atoms with Gasteiger partial charge in [-0.05, 0) is 55.0 Å². The number of pyridine rings is 1. The van der Waals surface area contributed by atoms with Gasteiger partial charge in [-0.3, -0.25) is 4.79 Å². The van der Waals surface area contributed by atoms with Crippen molar-refractivity contribution in [3.8, 4) is 11.3 Å². The van der Waals surface area contributed by atoms with E-state index in [1.807, 2.05) is 0 Å². The molecule has 0 atom stereocenters. The molecule has 0 radical (unpaired) electrons. The van der Waals surface area contributed by atoms with Crippen LogP contribution in [0.5, 0.6) is 0 Å². The third kappa shape index (κ3) is 3.02. The molecule has 8 heteroatoms. The highest BCUT2D eigenvalue weighted by Crippen LogP contribution is 2.26. The highest BCUT2D eigenvalue weighted by molar-refractivity contribution is 5.93. The van der Waals surface area contributed by atoms with Gasteiger partial charge in [-0.2, -0.15) is 9.50 Å². The lowest BCUT2D eigenvalue weighted by Crippen LogP contribution is -2.22. The molecule has 5 rings (SSSR count). The predicted octanol–water partition coefficient (Wildman–Crippen LogP) is 3.74. The molecule has 0 saturated heterocycles. The molecule has 3 aromatic heterocycles. The first-order valence-corrected chi connectivity index (χ1v) is 9.26. The Bertz CT molecular complexity index is 1470. The average molecular weight is 403 g/mol. The zero-order valence-electron chi connectivity index (χ0n) is 15.9. The normalized spacial score (nSPS) is 11.4. The molecule has 3 heterocycles. The van der Waals surface area contributed by atoms with E-state index in [1.54, 1.807) is 43.5 Å². The van der Waals surface area contributed by atoms with Crippen LogP contribution in [0.15, 0.2) is 65.6 Å². The van der Waals surface area contributed by atoms with E-state index in [2.05, 4.69) is 15.1 Å². The number of nitrogens with zero attached hydrogens (tertiary/aromatic N) is 5. The van der Waals surface area contributed by atoms with Gasteiger partial charge in [0.15, 0.2) is 0 Å². The van der Waals surface area contributed by atoms with E-state index in [0.717, 1.165) is 0 Å². The molecule has 0 N–H and O–H groups in total. The van der Waals surface area contributed by atoms with E-state index >= 15 is 0 Å². The monoisotopic (exact) mass is 403 g/mol. The molecule has 0 amide bonds. The fourth-order valence-corrected chi connectivity index (χ4v) is 3.55. The largest absolute Gasteiger partial charge is 0.310 e. The van der Waals surface area contributed by atoms with Gasteiger partial charge in [0.05, 0.1) is 23.1 Å². The van der Waals surface area contributed by atoms with Crippen molar-refractivity contribution in [2.24, 2.45) is 0 Å².